The van der Waals surface area contributed by atoms with Crippen LogP contribution in [0.2, 0.25) is 0 Å². The predicted octanol–water partition coefficient (Wildman–Crippen LogP) is 2.27. The summed E-state index contributed by atoms with van der Waals surface area (Å²) in [4.78, 5) is 10.3. The SMILES string of the molecule is C=CCC[C@H](N)c1cc(O)ccc1[N+](=O)[O-]. The van der Waals surface area contributed by atoms with Crippen LogP contribution < -0.4 is 5.73 Å². The van der Waals surface area contributed by atoms with Gasteiger partial charge in [-0.25, -0.2) is 0 Å². The fourth-order valence-corrected chi connectivity index (χ4v) is 1.46. The highest BCUT2D eigenvalue weighted by Gasteiger charge is 2.19. The van der Waals surface area contributed by atoms with Crippen molar-refractivity contribution >= 4 is 5.69 Å². The molecule has 0 saturated carbocycles. The highest BCUT2D eigenvalue weighted by atomic mass is 16.6. The smallest absolute Gasteiger partial charge is 0.274 e. The van der Waals surface area contributed by atoms with Gasteiger partial charge in [-0.05, 0) is 25.0 Å². The molecule has 0 aliphatic carbocycles. The summed E-state index contributed by atoms with van der Waals surface area (Å²) in [6, 6.07) is 3.41. The Balaban J connectivity index is 3.03. The molecule has 0 fully saturated rings. The summed E-state index contributed by atoms with van der Waals surface area (Å²) in [5.74, 6) is -0.0188. The fraction of sp³-hybridized carbons (Fsp3) is 0.273. The molecule has 5 nitrogen and oxygen atoms in total. The third-order valence-corrected chi connectivity index (χ3v) is 2.29. The summed E-state index contributed by atoms with van der Waals surface area (Å²) >= 11 is 0. The number of hydrogen-bond acceptors (Lipinski definition) is 4. The largest absolute Gasteiger partial charge is 0.508 e. The molecular weight excluding hydrogens is 208 g/mol. The summed E-state index contributed by atoms with van der Waals surface area (Å²) in [5.41, 5.74) is 6.12. The van der Waals surface area contributed by atoms with Gasteiger partial charge >= 0.3 is 0 Å². The molecule has 3 N–H and O–H groups in total. The van der Waals surface area contributed by atoms with E-state index in [4.69, 9.17) is 5.73 Å². The van der Waals surface area contributed by atoms with Gasteiger partial charge in [0.25, 0.3) is 5.69 Å². The van der Waals surface area contributed by atoms with Gasteiger partial charge < -0.3 is 10.8 Å². The number of hydrogen-bond donors (Lipinski definition) is 2. The van der Waals surface area contributed by atoms with Crippen LogP contribution in [0, 0.1) is 10.1 Å². The number of phenolic OH excluding ortho intramolecular Hbond substituents is 1. The van der Waals surface area contributed by atoms with Gasteiger partial charge in [0.15, 0.2) is 0 Å². The second-order valence-corrected chi connectivity index (χ2v) is 3.47. The summed E-state index contributed by atoms with van der Waals surface area (Å²) in [5, 5.41) is 20.1. The minimum absolute atomic E-state index is 0.0188. The standard InChI is InChI=1S/C11H14N2O3/c1-2-3-4-10(12)9-7-8(14)5-6-11(9)13(15)16/h2,5-7,10,14H,1,3-4,12H2/t10-/m0/s1. The van der Waals surface area contributed by atoms with Crippen LogP contribution in [0.3, 0.4) is 0 Å². The molecule has 0 aliphatic rings. The molecule has 0 aliphatic heterocycles. The van der Waals surface area contributed by atoms with Gasteiger partial charge in [-0.2, -0.15) is 0 Å². The van der Waals surface area contributed by atoms with Crippen molar-refractivity contribution in [3.63, 3.8) is 0 Å². The second kappa shape index (κ2) is 5.27. The van der Waals surface area contributed by atoms with Crippen molar-refractivity contribution in [2.75, 3.05) is 0 Å². The minimum atomic E-state index is -0.497. The van der Waals surface area contributed by atoms with E-state index in [1.165, 1.54) is 18.2 Å². The van der Waals surface area contributed by atoms with E-state index in [9.17, 15) is 15.2 Å². The zero-order valence-electron chi connectivity index (χ0n) is 8.80. The number of nitrogens with zero attached hydrogens (tertiary/aromatic N) is 1. The molecule has 0 bridgehead atoms. The lowest BCUT2D eigenvalue weighted by atomic mass is 10.0. The molecule has 0 unspecified atom stereocenters. The maximum absolute atomic E-state index is 10.8. The lowest BCUT2D eigenvalue weighted by Crippen LogP contribution is -2.12. The summed E-state index contributed by atoms with van der Waals surface area (Å²) in [7, 11) is 0. The molecule has 1 atom stereocenters. The Hall–Kier alpha value is -1.88. The fourth-order valence-electron chi connectivity index (χ4n) is 1.46. The van der Waals surface area contributed by atoms with Gasteiger partial charge in [0.05, 0.1) is 10.5 Å². The number of nitro groups is 1. The average Bonchev–Trinajstić information content (AvgIpc) is 2.25. The molecule has 1 aromatic rings. The van der Waals surface area contributed by atoms with E-state index in [1.54, 1.807) is 6.08 Å². The number of rotatable bonds is 5. The van der Waals surface area contributed by atoms with Gasteiger partial charge in [-0.3, -0.25) is 10.1 Å². The Bertz CT molecular complexity index is 404. The molecule has 0 amide bonds. The maximum Gasteiger partial charge on any atom is 0.274 e. The normalized spacial score (nSPS) is 12.1. The van der Waals surface area contributed by atoms with Crippen LogP contribution in [0.5, 0.6) is 5.75 Å². The highest BCUT2D eigenvalue weighted by Crippen LogP contribution is 2.29. The molecule has 0 saturated heterocycles. The Morgan fingerprint density at radius 3 is 2.88 bits per heavy atom. The van der Waals surface area contributed by atoms with Gasteiger partial charge in [0.1, 0.15) is 5.75 Å². The van der Waals surface area contributed by atoms with Crippen LogP contribution in [0.1, 0.15) is 24.4 Å². The average molecular weight is 222 g/mol. The van der Waals surface area contributed by atoms with Crippen LogP contribution in [-0.4, -0.2) is 10.0 Å². The first-order valence-electron chi connectivity index (χ1n) is 4.90. The Kier molecular flexibility index (Phi) is 4.02. The summed E-state index contributed by atoms with van der Waals surface area (Å²) in [6.45, 7) is 3.56. The minimum Gasteiger partial charge on any atom is -0.508 e. The number of nitro benzene ring substituents is 1. The van der Waals surface area contributed by atoms with Crippen molar-refractivity contribution in [1.82, 2.24) is 0 Å². The van der Waals surface area contributed by atoms with Crippen LogP contribution in [0.25, 0.3) is 0 Å². The van der Waals surface area contributed by atoms with Crippen molar-refractivity contribution < 1.29 is 10.0 Å². The van der Waals surface area contributed by atoms with Gasteiger partial charge in [-0.15, -0.1) is 6.58 Å². The first-order chi connectivity index (χ1) is 7.56. The first kappa shape index (κ1) is 12.2. The van der Waals surface area contributed by atoms with Crippen molar-refractivity contribution in [2.45, 2.75) is 18.9 Å². The molecule has 5 heteroatoms. The molecule has 0 aromatic heterocycles. The number of nitrogens with two attached hydrogens (primary N) is 1. The lowest BCUT2D eigenvalue weighted by molar-refractivity contribution is -0.385. The van der Waals surface area contributed by atoms with Gasteiger partial charge in [0, 0.05) is 12.1 Å². The zero-order valence-corrected chi connectivity index (χ0v) is 8.80. The molecule has 0 spiro atoms. The number of benzene rings is 1. The molecule has 16 heavy (non-hydrogen) atoms. The summed E-state index contributed by atoms with van der Waals surface area (Å²) < 4.78 is 0. The Morgan fingerprint density at radius 1 is 1.62 bits per heavy atom. The van der Waals surface area contributed by atoms with Crippen molar-refractivity contribution in [1.29, 1.82) is 0 Å². The maximum atomic E-state index is 10.8. The number of allylic oxidation sites excluding steroid dienone is 1. The van der Waals surface area contributed by atoms with E-state index < -0.39 is 11.0 Å². The van der Waals surface area contributed by atoms with Crippen molar-refractivity contribution in [2.24, 2.45) is 5.73 Å². The van der Waals surface area contributed by atoms with Gasteiger partial charge in [0.2, 0.25) is 0 Å². The monoisotopic (exact) mass is 222 g/mol. The molecule has 0 heterocycles. The third-order valence-electron chi connectivity index (χ3n) is 2.29. The van der Waals surface area contributed by atoms with Crippen LogP contribution in [0.15, 0.2) is 30.9 Å². The van der Waals surface area contributed by atoms with E-state index in [0.717, 1.165) is 0 Å². The second-order valence-electron chi connectivity index (χ2n) is 3.47. The highest BCUT2D eigenvalue weighted by molar-refractivity contribution is 5.46. The van der Waals surface area contributed by atoms with Crippen LogP contribution >= 0.6 is 0 Å². The third kappa shape index (κ3) is 2.80. The van der Waals surface area contributed by atoms with Gasteiger partial charge in [-0.1, -0.05) is 6.08 Å². The van der Waals surface area contributed by atoms with Crippen LogP contribution in [0.4, 0.5) is 5.69 Å². The number of phenols is 1. The Morgan fingerprint density at radius 2 is 2.31 bits per heavy atom. The van der Waals surface area contributed by atoms with Crippen molar-refractivity contribution in [3.8, 4) is 5.75 Å². The first-order valence-corrected chi connectivity index (χ1v) is 4.90. The topological polar surface area (TPSA) is 89.4 Å². The van der Waals surface area contributed by atoms with Crippen LogP contribution in [-0.2, 0) is 0 Å². The van der Waals surface area contributed by atoms with E-state index in [1.807, 2.05) is 0 Å². The summed E-state index contributed by atoms with van der Waals surface area (Å²) in [6.07, 6.45) is 2.94. The lowest BCUT2D eigenvalue weighted by Gasteiger charge is -2.11. The molecule has 86 valence electrons. The zero-order chi connectivity index (χ0) is 12.1. The van der Waals surface area contributed by atoms with E-state index in [-0.39, 0.29) is 11.4 Å². The molecule has 1 rings (SSSR count). The van der Waals surface area contributed by atoms with Crippen molar-refractivity contribution in [3.05, 3.63) is 46.5 Å². The quantitative estimate of drug-likeness (QED) is 0.454. The molecular formula is C11H14N2O3. The molecule has 1 aromatic carbocycles. The Labute approximate surface area is 93.4 Å². The number of aromatic hydroxyl groups is 1. The van der Waals surface area contributed by atoms with E-state index in [0.29, 0.717) is 18.4 Å². The molecule has 0 radical (unpaired) electrons. The van der Waals surface area contributed by atoms with E-state index in [2.05, 4.69) is 6.58 Å². The predicted molar refractivity (Wildman–Crippen MR) is 61.1 cm³/mol. The van der Waals surface area contributed by atoms with E-state index >= 15 is 0 Å².